The second-order valence-corrected chi connectivity index (χ2v) is 6.64. The summed E-state index contributed by atoms with van der Waals surface area (Å²) in [6.45, 7) is 5.77. The number of carbonyl (C=O) groups is 1. The molecule has 0 radical (unpaired) electrons. The van der Waals surface area contributed by atoms with Crippen LogP contribution < -0.4 is 5.32 Å². The van der Waals surface area contributed by atoms with Crippen molar-refractivity contribution in [3.8, 4) is 0 Å². The van der Waals surface area contributed by atoms with E-state index in [4.69, 9.17) is 4.84 Å². The van der Waals surface area contributed by atoms with Crippen molar-refractivity contribution in [3.63, 3.8) is 0 Å². The van der Waals surface area contributed by atoms with Crippen LogP contribution in [-0.2, 0) is 9.63 Å². The normalized spacial score (nSPS) is 21.2. The lowest BCUT2D eigenvalue weighted by atomic mass is 9.74. The van der Waals surface area contributed by atoms with Crippen molar-refractivity contribution < 1.29 is 19.7 Å². The van der Waals surface area contributed by atoms with Gasteiger partial charge in [-0.15, -0.1) is 0 Å². The Kier molecular flexibility index (Phi) is 6.02. The van der Waals surface area contributed by atoms with E-state index in [2.05, 4.69) is 10.5 Å². The maximum absolute atomic E-state index is 12.7. The van der Waals surface area contributed by atoms with Crippen molar-refractivity contribution in [2.75, 3.05) is 0 Å². The standard InChI is InChI=1S/C17H25BN2O4/c1-4-17(16(21)19-15(18(22)23)10-12(2)3)11-14(20-24-17)13-8-6-5-7-9-13/h5-9,12,15,22-23H,4,10-11H2,1-3H3,(H,19,21)/t15-,17?/m0/s1. The van der Waals surface area contributed by atoms with Crippen LogP contribution in [0.15, 0.2) is 35.5 Å². The first-order valence-electron chi connectivity index (χ1n) is 8.35. The van der Waals surface area contributed by atoms with Crippen LogP contribution in [0.5, 0.6) is 0 Å². The fourth-order valence-corrected chi connectivity index (χ4v) is 2.80. The summed E-state index contributed by atoms with van der Waals surface area (Å²) in [6, 6.07) is 9.57. The van der Waals surface area contributed by atoms with Gasteiger partial charge in [0, 0.05) is 6.42 Å². The van der Waals surface area contributed by atoms with E-state index < -0.39 is 18.7 Å². The van der Waals surface area contributed by atoms with E-state index in [1.807, 2.05) is 51.1 Å². The summed E-state index contributed by atoms with van der Waals surface area (Å²) in [4.78, 5) is 18.3. The van der Waals surface area contributed by atoms with Gasteiger partial charge < -0.3 is 20.2 Å². The SMILES string of the molecule is CCC1(C(=O)N[C@@H](CC(C)C)B(O)O)CC(c2ccccc2)=NO1. The van der Waals surface area contributed by atoms with Crippen molar-refractivity contribution in [2.45, 2.75) is 51.6 Å². The Balaban J connectivity index is 2.09. The predicted octanol–water partition coefficient (Wildman–Crippen LogP) is 1.50. The summed E-state index contributed by atoms with van der Waals surface area (Å²) in [5, 5.41) is 25.8. The highest BCUT2D eigenvalue weighted by Crippen LogP contribution is 2.30. The smallest absolute Gasteiger partial charge is 0.426 e. The van der Waals surface area contributed by atoms with Gasteiger partial charge in [0.15, 0.2) is 0 Å². The van der Waals surface area contributed by atoms with E-state index in [0.717, 1.165) is 11.3 Å². The van der Waals surface area contributed by atoms with Gasteiger partial charge in [-0.25, -0.2) is 0 Å². The molecule has 7 heteroatoms. The van der Waals surface area contributed by atoms with Crippen LogP contribution in [0.1, 0.15) is 45.6 Å². The zero-order valence-electron chi connectivity index (χ0n) is 14.4. The van der Waals surface area contributed by atoms with Crippen molar-refractivity contribution in [1.29, 1.82) is 0 Å². The maximum Gasteiger partial charge on any atom is 0.475 e. The molecule has 1 amide bonds. The number of nitrogens with one attached hydrogen (secondary N) is 1. The summed E-state index contributed by atoms with van der Waals surface area (Å²) in [6.07, 6.45) is 1.26. The molecule has 1 aromatic carbocycles. The van der Waals surface area contributed by atoms with Crippen LogP contribution in [-0.4, -0.2) is 40.3 Å². The molecule has 0 saturated heterocycles. The van der Waals surface area contributed by atoms with Crippen LogP contribution in [0.2, 0.25) is 0 Å². The third-order valence-electron chi connectivity index (χ3n) is 4.28. The third-order valence-corrected chi connectivity index (χ3v) is 4.28. The molecule has 3 N–H and O–H groups in total. The van der Waals surface area contributed by atoms with Gasteiger partial charge in [-0.3, -0.25) is 4.79 Å². The van der Waals surface area contributed by atoms with E-state index in [-0.39, 0.29) is 11.8 Å². The predicted molar refractivity (Wildman–Crippen MR) is 93.3 cm³/mol. The van der Waals surface area contributed by atoms with Gasteiger partial charge in [0.1, 0.15) is 0 Å². The van der Waals surface area contributed by atoms with E-state index in [1.165, 1.54) is 0 Å². The molecule has 130 valence electrons. The average Bonchev–Trinajstić information content (AvgIpc) is 3.00. The highest BCUT2D eigenvalue weighted by molar-refractivity contribution is 6.43. The van der Waals surface area contributed by atoms with E-state index in [9.17, 15) is 14.8 Å². The largest absolute Gasteiger partial charge is 0.475 e. The molecule has 24 heavy (non-hydrogen) atoms. The van der Waals surface area contributed by atoms with Crippen LogP contribution >= 0.6 is 0 Å². The second-order valence-electron chi connectivity index (χ2n) is 6.64. The third kappa shape index (κ3) is 4.16. The van der Waals surface area contributed by atoms with Crippen molar-refractivity contribution in [2.24, 2.45) is 11.1 Å². The van der Waals surface area contributed by atoms with Crippen LogP contribution in [0, 0.1) is 5.92 Å². The Morgan fingerprint density at radius 2 is 2.04 bits per heavy atom. The Labute approximate surface area is 143 Å². The lowest BCUT2D eigenvalue weighted by molar-refractivity contribution is -0.144. The fraction of sp³-hybridized carbons (Fsp3) is 0.529. The zero-order chi connectivity index (χ0) is 17.7. The monoisotopic (exact) mass is 332 g/mol. The molecule has 2 rings (SSSR count). The van der Waals surface area contributed by atoms with Gasteiger partial charge in [0.25, 0.3) is 5.91 Å². The minimum atomic E-state index is -1.61. The topological polar surface area (TPSA) is 91.2 Å². The number of amides is 1. The van der Waals surface area contributed by atoms with E-state index in [1.54, 1.807) is 0 Å². The number of benzene rings is 1. The van der Waals surface area contributed by atoms with Gasteiger partial charge in [0.05, 0.1) is 11.7 Å². The lowest BCUT2D eigenvalue weighted by Crippen LogP contribution is -2.55. The number of hydrogen-bond acceptors (Lipinski definition) is 5. The quantitative estimate of drug-likeness (QED) is 0.660. The molecule has 0 saturated carbocycles. The summed E-state index contributed by atoms with van der Waals surface area (Å²) >= 11 is 0. The number of rotatable bonds is 7. The number of oxime groups is 1. The molecule has 1 aliphatic rings. The summed E-state index contributed by atoms with van der Waals surface area (Å²) < 4.78 is 0. The molecule has 1 heterocycles. The van der Waals surface area contributed by atoms with E-state index >= 15 is 0 Å². The number of hydrogen-bond donors (Lipinski definition) is 3. The number of carbonyl (C=O) groups excluding carboxylic acids is 1. The van der Waals surface area contributed by atoms with Gasteiger partial charge >= 0.3 is 7.12 Å². The number of nitrogens with zero attached hydrogens (tertiary/aromatic N) is 1. The zero-order valence-corrected chi connectivity index (χ0v) is 14.4. The first-order valence-corrected chi connectivity index (χ1v) is 8.35. The molecule has 0 spiro atoms. The Hall–Kier alpha value is -1.86. The highest BCUT2D eigenvalue weighted by Gasteiger charge is 2.46. The van der Waals surface area contributed by atoms with Gasteiger partial charge in [-0.05, 0) is 24.3 Å². The lowest BCUT2D eigenvalue weighted by Gasteiger charge is -2.27. The van der Waals surface area contributed by atoms with Gasteiger partial charge in [-0.2, -0.15) is 0 Å². The highest BCUT2D eigenvalue weighted by atomic mass is 16.7. The Morgan fingerprint density at radius 3 is 2.58 bits per heavy atom. The van der Waals surface area contributed by atoms with Crippen molar-refractivity contribution in [3.05, 3.63) is 35.9 Å². The molecule has 0 bridgehead atoms. The molecule has 1 aromatic rings. The molecule has 1 aliphatic heterocycles. The van der Waals surface area contributed by atoms with Crippen LogP contribution in [0.25, 0.3) is 0 Å². The summed E-state index contributed by atoms with van der Waals surface area (Å²) in [5.41, 5.74) is 0.536. The molecular formula is C17H25BN2O4. The average molecular weight is 332 g/mol. The van der Waals surface area contributed by atoms with Crippen molar-refractivity contribution >= 4 is 18.7 Å². The first kappa shape index (κ1) is 18.5. The first-order chi connectivity index (χ1) is 11.4. The van der Waals surface area contributed by atoms with Gasteiger partial charge in [0.2, 0.25) is 5.60 Å². The molecule has 0 fully saturated rings. The summed E-state index contributed by atoms with van der Waals surface area (Å²) in [7, 11) is -1.61. The van der Waals surface area contributed by atoms with E-state index in [0.29, 0.717) is 19.3 Å². The molecule has 2 atom stereocenters. The Morgan fingerprint density at radius 1 is 1.38 bits per heavy atom. The van der Waals surface area contributed by atoms with Crippen LogP contribution in [0.4, 0.5) is 0 Å². The van der Waals surface area contributed by atoms with Gasteiger partial charge in [-0.1, -0.05) is 56.3 Å². The Bertz CT molecular complexity index is 592. The molecule has 0 aromatic heterocycles. The fourth-order valence-electron chi connectivity index (χ4n) is 2.80. The second kappa shape index (κ2) is 7.81. The van der Waals surface area contributed by atoms with Crippen LogP contribution in [0.3, 0.4) is 0 Å². The minimum absolute atomic E-state index is 0.218. The maximum atomic E-state index is 12.7. The van der Waals surface area contributed by atoms with Crippen molar-refractivity contribution in [1.82, 2.24) is 5.32 Å². The molecule has 0 aliphatic carbocycles. The molecule has 6 nitrogen and oxygen atoms in total. The summed E-state index contributed by atoms with van der Waals surface area (Å²) in [5.74, 6) is -0.876. The minimum Gasteiger partial charge on any atom is -0.426 e. The molecular weight excluding hydrogens is 307 g/mol. The molecule has 1 unspecified atom stereocenters.